The molecule has 0 amide bonds. The third-order valence-corrected chi connectivity index (χ3v) is 1.47. The van der Waals surface area contributed by atoms with Gasteiger partial charge in [-0.1, -0.05) is 12.1 Å². The van der Waals surface area contributed by atoms with Gasteiger partial charge in [0.15, 0.2) is 6.17 Å². The van der Waals surface area contributed by atoms with Crippen LogP contribution in [0, 0.1) is 17.1 Å². The number of halogens is 2. The van der Waals surface area contributed by atoms with Crippen molar-refractivity contribution < 1.29 is 8.78 Å². The molecule has 62 valence electrons. The summed E-state index contributed by atoms with van der Waals surface area (Å²) in [5.41, 5.74) is 0.630. The first-order valence-electron chi connectivity index (χ1n) is 3.50. The molecule has 0 saturated heterocycles. The van der Waals surface area contributed by atoms with Crippen molar-refractivity contribution >= 4 is 0 Å². The van der Waals surface area contributed by atoms with Crippen molar-refractivity contribution in [1.29, 1.82) is 5.26 Å². The second-order valence-electron chi connectivity index (χ2n) is 2.43. The zero-order valence-corrected chi connectivity index (χ0v) is 6.30. The van der Waals surface area contributed by atoms with Crippen LogP contribution in [0.4, 0.5) is 8.78 Å². The van der Waals surface area contributed by atoms with Crippen molar-refractivity contribution in [3.8, 4) is 6.07 Å². The van der Waals surface area contributed by atoms with E-state index in [4.69, 9.17) is 5.26 Å². The van der Waals surface area contributed by atoms with Gasteiger partial charge in [-0.05, 0) is 17.7 Å². The molecule has 0 fully saturated rings. The first kappa shape index (κ1) is 8.66. The molecule has 0 saturated carbocycles. The van der Waals surface area contributed by atoms with Gasteiger partial charge in [0, 0.05) is 6.42 Å². The van der Waals surface area contributed by atoms with E-state index in [1.165, 1.54) is 30.3 Å². The summed E-state index contributed by atoms with van der Waals surface area (Å²) in [4.78, 5) is 0. The Balaban J connectivity index is 2.66. The third kappa shape index (κ3) is 2.31. The van der Waals surface area contributed by atoms with Gasteiger partial charge in [-0.15, -0.1) is 0 Å². The molecular formula is C9H7F2N. The minimum atomic E-state index is -1.50. The van der Waals surface area contributed by atoms with Crippen LogP contribution in [0.2, 0.25) is 0 Å². The van der Waals surface area contributed by atoms with Gasteiger partial charge in [0.1, 0.15) is 11.9 Å². The fourth-order valence-electron chi connectivity index (χ4n) is 0.873. The third-order valence-electron chi connectivity index (χ3n) is 1.47. The van der Waals surface area contributed by atoms with Crippen LogP contribution in [0.15, 0.2) is 24.3 Å². The molecule has 0 aliphatic rings. The Kier molecular flexibility index (Phi) is 2.76. The van der Waals surface area contributed by atoms with Crippen molar-refractivity contribution in [1.82, 2.24) is 0 Å². The minimum Gasteiger partial charge on any atom is -0.231 e. The summed E-state index contributed by atoms with van der Waals surface area (Å²) in [5, 5.41) is 8.15. The van der Waals surface area contributed by atoms with Crippen LogP contribution in [-0.4, -0.2) is 6.17 Å². The highest BCUT2D eigenvalue weighted by molar-refractivity contribution is 5.18. The van der Waals surface area contributed by atoms with Crippen LogP contribution in [0.3, 0.4) is 0 Å². The van der Waals surface area contributed by atoms with Gasteiger partial charge >= 0.3 is 0 Å². The average molecular weight is 167 g/mol. The molecule has 1 nitrogen and oxygen atoms in total. The second-order valence-corrected chi connectivity index (χ2v) is 2.43. The Labute approximate surface area is 69.2 Å². The molecule has 3 heteroatoms. The summed E-state index contributed by atoms with van der Waals surface area (Å²) >= 11 is 0. The van der Waals surface area contributed by atoms with Crippen LogP contribution in [0.1, 0.15) is 5.56 Å². The van der Waals surface area contributed by atoms with Crippen molar-refractivity contribution in [2.45, 2.75) is 12.6 Å². The lowest BCUT2D eigenvalue weighted by atomic mass is 10.1. The summed E-state index contributed by atoms with van der Waals surface area (Å²) in [6, 6.07) is 6.91. The molecule has 0 spiro atoms. The van der Waals surface area contributed by atoms with E-state index in [0.717, 1.165) is 0 Å². The molecule has 1 rings (SSSR count). The second kappa shape index (κ2) is 3.82. The average Bonchev–Trinajstić information content (AvgIpc) is 2.09. The first-order valence-corrected chi connectivity index (χ1v) is 3.50. The number of benzene rings is 1. The fraction of sp³-hybridized carbons (Fsp3) is 0.222. The lowest BCUT2D eigenvalue weighted by Crippen LogP contribution is -2.00. The van der Waals surface area contributed by atoms with E-state index in [2.05, 4.69) is 0 Å². The Morgan fingerprint density at radius 3 is 2.42 bits per heavy atom. The number of nitrogens with zero attached hydrogens (tertiary/aromatic N) is 1. The van der Waals surface area contributed by atoms with Gasteiger partial charge in [-0.2, -0.15) is 5.26 Å². The Morgan fingerprint density at radius 2 is 1.92 bits per heavy atom. The van der Waals surface area contributed by atoms with Gasteiger partial charge in [0.05, 0.1) is 0 Å². The number of alkyl halides is 1. The van der Waals surface area contributed by atoms with E-state index in [1.54, 1.807) is 0 Å². The van der Waals surface area contributed by atoms with Crippen LogP contribution < -0.4 is 0 Å². The zero-order valence-electron chi connectivity index (χ0n) is 6.30. The molecular weight excluding hydrogens is 160 g/mol. The fourth-order valence-corrected chi connectivity index (χ4v) is 0.873. The van der Waals surface area contributed by atoms with E-state index >= 15 is 0 Å². The zero-order chi connectivity index (χ0) is 8.97. The molecule has 0 N–H and O–H groups in total. The molecule has 1 unspecified atom stereocenters. The van der Waals surface area contributed by atoms with E-state index < -0.39 is 6.17 Å². The van der Waals surface area contributed by atoms with E-state index in [0.29, 0.717) is 5.56 Å². The van der Waals surface area contributed by atoms with E-state index in [1.807, 2.05) is 0 Å². The quantitative estimate of drug-likeness (QED) is 0.662. The summed E-state index contributed by atoms with van der Waals surface area (Å²) in [6.07, 6.45) is -1.48. The predicted molar refractivity (Wildman–Crippen MR) is 40.6 cm³/mol. The Bertz CT molecular complexity index is 286. The van der Waals surface area contributed by atoms with Crippen molar-refractivity contribution in [2.24, 2.45) is 0 Å². The number of hydrogen-bond donors (Lipinski definition) is 0. The topological polar surface area (TPSA) is 23.8 Å². The van der Waals surface area contributed by atoms with Crippen LogP contribution >= 0.6 is 0 Å². The molecule has 0 bridgehead atoms. The maximum Gasteiger partial charge on any atom is 0.190 e. The highest BCUT2D eigenvalue weighted by Crippen LogP contribution is 2.06. The summed E-state index contributed by atoms with van der Waals surface area (Å²) in [7, 11) is 0. The highest BCUT2D eigenvalue weighted by Gasteiger charge is 2.04. The Morgan fingerprint density at radius 1 is 1.33 bits per heavy atom. The SMILES string of the molecule is N#CC(F)Cc1ccc(F)cc1. The molecule has 1 aromatic carbocycles. The molecule has 0 aromatic heterocycles. The van der Waals surface area contributed by atoms with Crippen LogP contribution in [0.5, 0.6) is 0 Å². The van der Waals surface area contributed by atoms with Crippen LogP contribution in [0.25, 0.3) is 0 Å². The minimum absolute atomic E-state index is 0.0246. The lowest BCUT2D eigenvalue weighted by Gasteiger charge is -1.98. The maximum atomic E-state index is 12.5. The molecule has 0 heterocycles. The molecule has 1 aromatic rings. The summed E-state index contributed by atoms with van der Waals surface area (Å²) in [5.74, 6) is -0.355. The smallest absolute Gasteiger partial charge is 0.190 e. The maximum absolute atomic E-state index is 12.5. The van der Waals surface area contributed by atoms with Crippen LogP contribution in [-0.2, 0) is 6.42 Å². The molecule has 0 aliphatic carbocycles. The summed E-state index contributed by atoms with van der Waals surface area (Å²) in [6.45, 7) is 0. The van der Waals surface area contributed by atoms with Gasteiger partial charge in [-0.25, -0.2) is 8.78 Å². The standard InChI is InChI=1S/C9H7F2N/c10-8-3-1-7(2-4-8)5-9(11)6-12/h1-4,9H,5H2. The molecule has 12 heavy (non-hydrogen) atoms. The number of nitriles is 1. The number of rotatable bonds is 2. The van der Waals surface area contributed by atoms with Crippen molar-refractivity contribution in [3.63, 3.8) is 0 Å². The van der Waals surface area contributed by atoms with Gasteiger partial charge in [0.25, 0.3) is 0 Å². The monoisotopic (exact) mass is 167 g/mol. The highest BCUT2D eigenvalue weighted by atomic mass is 19.1. The normalized spacial score (nSPS) is 12.1. The van der Waals surface area contributed by atoms with Crippen molar-refractivity contribution in [3.05, 3.63) is 35.6 Å². The molecule has 0 aliphatic heterocycles. The molecule has 1 atom stereocenters. The van der Waals surface area contributed by atoms with E-state index in [9.17, 15) is 8.78 Å². The number of hydrogen-bond acceptors (Lipinski definition) is 1. The van der Waals surface area contributed by atoms with Gasteiger partial charge in [0.2, 0.25) is 0 Å². The van der Waals surface area contributed by atoms with Crippen molar-refractivity contribution in [2.75, 3.05) is 0 Å². The predicted octanol–water partition coefficient (Wildman–Crippen LogP) is 2.23. The van der Waals surface area contributed by atoms with Gasteiger partial charge < -0.3 is 0 Å². The first-order chi connectivity index (χ1) is 5.72. The summed E-state index contributed by atoms with van der Waals surface area (Å²) < 4.78 is 24.8. The Hall–Kier alpha value is -1.43. The van der Waals surface area contributed by atoms with Gasteiger partial charge in [-0.3, -0.25) is 0 Å². The lowest BCUT2D eigenvalue weighted by molar-refractivity contribution is 0.407. The van der Waals surface area contributed by atoms with E-state index in [-0.39, 0.29) is 12.2 Å². The largest absolute Gasteiger partial charge is 0.231 e. The molecule has 0 radical (unpaired) electrons.